The van der Waals surface area contributed by atoms with Crippen LogP contribution in [0.4, 0.5) is 0 Å². The van der Waals surface area contributed by atoms with E-state index in [0.717, 1.165) is 0 Å². The van der Waals surface area contributed by atoms with E-state index in [1.807, 2.05) is 0 Å². The molecule has 1 heterocycles. The number of nitrogens with two attached hydrogens (primary N) is 2. The summed E-state index contributed by atoms with van der Waals surface area (Å²) in [5, 5.41) is 29.1. The summed E-state index contributed by atoms with van der Waals surface area (Å²) < 4.78 is 0. The van der Waals surface area contributed by atoms with Gasteiger partial charge in [-0.15, -0.1) is 12.4 Å². The second-order valence-corrected chi connectivity index (χ2v) is 7.80. The second-order valence-electron chi connectivity index (χ2n) is 7.80. The van der Waals surface area contributed by atoms with Gasteiger partial charge in [0, 0.05) is 12.5 Å². The van der Waals surface area contributed by atoms with E-state index >= 15 is 0 Å². The van der Waals surface area contributed by atoms with E-state index in [1.54, 1.807) is 0 Å². The van der Waals surface area contributed by atoms with Crippen molar-refractivity contribution in [2.45, 2.75) is 56.3 Å². The minimum absolute atomic E-state index is 0. The van der Waals surface area contributed by atoms with Crippen LogP contribution in [-0.4, -0.2) is 83.1 Å². The average molecular weight is 492 g/mol. The lowest BCUT2D eigenvalue weighted by Crippen LogP contribution is -2.55. The first-order valence-electron chi connectivity index (χ1n) is 10.2. The van der Waals surface area contributed by atoms with E-state index in [0.29, 0.717) is 6.42 Å². The van der Waals surface area contributed by atoms with Crippen molar-refractivity contribution in [3.63, 3.8) is 0 Å². The van der Waals surface area contributed by atoms with Gasteiger partial charge in [0.15, 0.2) is 5.96 Å². The number of aliphatic hydroxyl groups excluding tert-OH is 1. The normalized spacial score (nSPS) is 28.2. The minimum Gasteiger partial charge on any atom is -0.481 e. The molecule has 1 aliphatic carbocycles. The van der Waals surface area contributed by atoms with Crippen molar-refractivity contribution in [1.29, 1.82) is 0 Å². The Morgan fingerprint density at radius 2 is 1.70 bits per heavy atom. The molecule has 15 heteroatoms. The number of aliphatic carboxylic acids is 1. The molecule has 0 unspecified atom stereocenters. The molecule has 0 radical (unpaired) electrons. The highest BCUT2D eigenvalue weighted by Gasteiger charge is 2.40. The van der Waals surface area contributed by atoms with Gasteiger partial charge in [-0.25, -0.2) is 0 Å². The van der Waals surface area contributed by atoms with Crippen LogP contribution >= 0.6 is 12.4 Å². The number of hydrogen-bond acceptors (Lipinski definition) is 7. The molecule has 14 nitrogen and oxygen atoms in total. The van der Waals surface area contributed by atoms with Crippen LogP contribution in [0.2, 0.25) is 0 Å². The molecule has 5 atom stereocenters. The van der Waals surface area contributed by atoms with Crippen molar-refractivity contribution in [2.75, 3.05) is 13.1 Å². The molecule has 0 aromatic carbocycles. The van der Waals surface area contributed by atoms with Gasteiger partial charge >= 0.3 is 5.97 Å². The van der Waals surface area contributed by atoms with E-state index in [1.165, 1.54) is 0 Å². The Labute approximate surface area is 195 Å². The molecule has 2 fully saturated rings. The highest BCUT2D eigenvalue weighted by molar-refractivity contribution is 5.94. The van der Waals surface area contributed by atoms with E-state index in [-0.39, 0.29) is 44.2 Å². The van der Waals surface area contributed by atoms with Crippen molar-refractivity contribution in [1.82, 2.24) is 21.3 Å². The molecular formula is C18H30ClN7O7. The summed E-state index contributed by atoms with van der Waals surface area (Å²) in [5.74, 6) is -4.79. The minimum atomic E-state index is -1.41. The molecule has 0 aromatic heterocycles. The summed E-state index contributed by atoms with van der Waals surface area (Å²) >= 11 is 0. The van der Waals surface area contributed by atoms with Gasteiger partial charge in [0.05, 0.1) is 25.1 Å². The number of amides is 4. The molecule has 186 valence electrons. The average Bonchev–Trinajstić information content (AvgIpc) is 3.07. The zero-order chi connectivity index (χ0) is 23.8. The number of carboxylic acids is 1. The molecule has 1 aliphatic heterocycles. The molecular weight excluding hydrogens is 462 g/mol. The number of nitrogens with one attached hydrogen (secondary N) is 4. The number of carbonyl (C=O) groups is 5. The third-order valence-corrected chi connectivity index (χ3v) is 5.26. The first kappa shape index (κ1) is 27.9. The lowest BCUT2D eigenvalue weighted by atomic mass is 10.0. The topological polar surface area (TPSA) is 238 Å². The zero-order valence-electron chi connectivity index (χ0n) is 17.8. The van der Waals surface area contributed by atoms with Crippen molar-refractivity contribution in [2.24, 2.45) is 22.4 Å². The maximum Gasteiger partial charge on any atom is 0.305 e. The molecule has 1 saturated heterocycles. The van der Waals surface area contributed by atoms with Crippen molar-refractivity contribution in [3.8, 4) is 0 Å². The Morgan fingerprint density at radius 3 is 2.33 bits per heavy atom. The number of aliphatic imine (C=N–C) groups is 1. The van der Waals surface area contributed by atoms with Gasteiger partial charge in [0.2, 0.25) is 23.6 Å². The molecule has 4 amide bonds. The fraction of sp³-hybridized carbons (Fsp3) is 0.667. The molecule has 0 aromatic rings. The Hall–Kier alpha value is -3.13. The van der Waals surface area contributed by atoms with E-state index < -0.39 is 72.7 Å². The number of nitrogens with zero attached hydrogens (tertiary/aromatic N) is 1. The van der Waals surface area contributed by atoms with Gasteiger partial charge in [-0.2, -0.15) is 0 Å². The molecule has 2 aliphatic rings. The lowest BCUT2D eigenvalue weighted by Gasteiger charge is -2.23. The van der Waals surface area contributed by atoms with Crippen LogP contribution < -0.4 is 32.7 Å². The number of fused-ring (bicyclic) bond motifs is 2. The Kier molecular flexibility index (Phi) is 10.8. The molecule has 10 N–H and O–H groups in total. The predicted octanol–water partition coefficient (Wildman–Crippen LogP) is -3.71. The summed E-state index contributed by atoms with van der Waals surface area (Å²) in [6.07, 6.45) is -1.03. The molecule has 33 heavy (non-hydrogen) atoms. The maximum absolute atomic E-state index is 12.7. The number of guanidine groups is 1. The van der Waals surface area contributed by atoms with Crippen molar-refractivity contribution in [3.05, 3.63) is 0 Å². The summed E-state index contributed by atoms with van der Waals surface area (Å²) in [6.45, 7) is -0.298. The third kappa shape index (κ3) is 8.73. The summed E-state index contributed by atoms with van der Waals surface area (Å²) in [7, 11) is 0. The SMILES string of the molecule is Cl.NC(N)=NCCC[C@@H]1NC(=O)[C@H]2C[C@H](NC(=O)[C@H](CC(=O)O)NC(=O)CNC1=O)[C@@H](O)C2. The van der Waals surface area contributed by atoms with Gasteiger partial charge < -0.3 is 42.9 Å². The van der Waals surface area contributed by atoms with Crippen LogP contribution in [-0.2, 0) is 24.0 Å². The first-order chi connectivity index (χ1) is 15.1. The Morgan fingerprint density at radius 1 is 1.00 bits per heavy atom. The van der Waals surface area contributed by atoms with E-state index in [4.69, 9.17) is 16.6 Å². The van der Waals surface area contributed by atoms with Crippen LogP contribution in [0.25, 0.3) is 0 Å². The van der Waals surface area contributed by atoms with Gasteiger partial charge in [-0.1, -0.05) is 0 Å². The third-order valence-electron chi connectivity index (χ3n) is 5.26. The van der Waals surface area contributed by atoms with Crippen LogP contribution in [0.1, 0.15) is 32.1 Å². The van der Waals surface area contributed by atoms with Gasteiger partial charge in [0.25, 0.3) is 0 Å². The van der Waals surface area contributed by atoms with Gasteiger partial charge in [-0.05, 0) is 25.7 Å². The predicted molar refractivity (Wildman–Crippen MR) is 117 cm³/mol. The smallest absolute Gasteiger partial charge is 0.305 e. The standard InChI is InChI=1S/C18H29N7O7.ClH/c19-18(20)21-3-1-2-9-16(31)22-7-13(27)23-11(6-14(28)29)17(32)25-10-4-8(5-12(10)26)15(30)24-9;/h8-12,26H,1-7H2,(H,22,31)(H,23,27)(H,24,30)(H,25,32)(H,28,29)(H4,19,20,21);1H/t8-,9-,10-,11-,12-;/m0./s1. The molecule has 2 bridgehead atoms. The number of aliphatic hydroxyl groups is 1. The van der Waals surface area contributed by atoms with E-state index in [9.17, 15) is 29.1 Å². The maximum atomic E-state index is 12.7. The second kappa shape index (κ2) is 12.8. The fourth-order valence-corrected chi connectivity index (χ4v) is 3.65. The Bertz CT molecular complexity index is 790. The van der Waals surface area contributed by atoms with Crippen LogP contribution in [0, 0.1) is 5.92 Å². The quantitative estimate of drug-likeness (QED) is 0.103. The van der Waals surface area contributed by atoms with Crippen LogP contribution in [0.5, 0.6) is 0 Å². The van der Waals surface area contributed by atoms with Gasteiger partial charge in [-0.3, -0.25) is 29.0 Å². The number of carboxylic acid groups (broad SMARTS) is 1. The number of hydrogen-bond donors (Lipinski definition) is 8. The first-order valence-corrected chi connectivity index (χ1v) is 10.2. The molecule has 2 rings (SSSR count). The highest BCUT2D eigenvalue weighted by Crippen LogP contribution is 2.27. The Balaban J connectivity index is 0.00000544. The monoisotopic (exact) mass is 491 g/mol. The zero-order valence-corrected chi connectivity index (χ0v) is 18.6. The van der Waals surface area contributed by atoms with Crippen molar-refractivity contribution < 1.29 is 34.2 Å². The number of rotatable bonds is 6. The lowest BCUT2D eigenvalue weighted by molar-refractivity contribution is -0.141. The van der Waals surface area contributed by atoms with Gasteiger partial charge in [0.1, 0.15) is 12.1 Å². The van der Waals surface area contributed by atoms with Crippen LogP contribution in [0.3, 0.4) is 0 Å². The summed E-state index contributed by atoms with van der Waals surface area (Å²) in [6, 6.07) is -3.19. The molecule has 1 saturated carbocycles. The number of halogens is 1. The largest absolute Gasteiger partial charge is 0.481 e. The van der Waals surface area contributed by atoms with Crippen LogP contribution in [0.15, 0.2) is 4.99 Å². The summed E-state index contributed by atoms with van der Waals surface area (Å²) in [4.78, 5) is 64.9. The number of carbonyl (C=O) groups excluding carboxylic acids is 4. The van der Waals surface area contributed by atoms with E-state index in [2.05, 4.69) is 26.3 Å². The molecule has 0 spiro atoms. The fourth-order valence-electron chi connectivity index (χ4n) is 3.65. The van der Waals surface area contributed by atoms with Crippen molar-refractivity contribution >= 4 is 48.0 Å². The summed E-state index contributed by atoms with van der Waals surface area (Å²) in [5.41, 5.74) is 10.5. The highest BCUT2D eigenvalue weighted by atomic mass is 35.5.